The Morgan fingerprint density at radius 2 is 2.00 bits per heavy atom. The minimum Gasteiger partial charge on any atom is -0.371 e. The molecule has 2 aromatic heterocycles. The van der Waals surface area contributed by atoms with E-state index in [0.29, 0.717) is 23.3 Å². The molecule has 4 heterocycles. The van der Waals surface area contributed by atoms with Gasteiger partial charge in [0.05, 0.1) is 24.9 Å². The second-order valence-electron chi connectivity index (χ2n) is 8.22. The van der Waals surface area contributed by atoms with Crippen molar-refractivity contribution in [1.82, 2.24) is 19.7 Å². The van der Waals surface area contributed by atoms with Gasteiger partial charge in [0.1, 0.15) is 22.5 Å². The lowest BCUT2D eigenvalue weighted by molar-refractivity contribution is 0.0624. The Morgan fingerprint density at radius 1 is 1.17 bits per heavy atom. The second kappa shape index (κ2) is 8.07. The molecule has 2 saturated heterocycles. The van der Waals surface area contributed by atoms with Crippen LogP contribution in [-0.2, 0) is 25.9 Å². The molecule has 2 aliphatic heterocycles. The number of ether oxygens (including phenoxy) is 2. The Kier molecular flexibility index (Phi) is 5.46. The van der Waals surface area contributed by atoms with Crippen LogP contribution in [0.2, 0.25) is 0 Å². The van der Waals surface area contributed by atoms with Crippen molar-refractivity contribution in [3.63, 3.8) is 0 Å². The van der Waals surface area contributed by atoms with Crippen LogP contribution in [0.4, 0.5) is 0 Å². The quantitative estimate of drug-likeness (QED) is 0.743. The third kappa shape index (κ3) is 4.00. The van der Waals surface area contributed by atoms with Gasteiger partial charge in [-0.2, -0.15) is 0 Å². The molecule has 0 radical (unpaired) electrons. The molecule has 1 N–H and O–H groups in total. The maximum atomic E-state index is 12.5. The molecule has 0 amide bonds. The van der Waals surface area contributed by atoms with Gasteiger partial charge < -0.3 is 9.47 Å². The highest BCUT2D eigenvalue weighted by Crippen LogP contribution is 2.35. The number of nitrogens with one attached hydrogen (secondary N) is 1. The molecule has 29 heavy (non-hydrogen) atoms. The molecular weight excluding hydrogens is 412 g/mol. The van der Waals surface area contributed by atoms with E-state index in [1.807, 2.05) is 10.9 Å². The summed E-state index contributed by atoms with van der Waals surface area (Å²) < 4.78 is 41.9. The summed E-state index contributed by atoms with van der Waals surface area (Å²) >= 11 is 1.20. The number of sulfonamides is 1. The fourth-order valence-corrected chi connectivity index (χ4v) is 6.98. The van der Waals surface area contributed by atoms with Crippen LogP contribution in [0.3, 0.4) is 0 Å². The minimum atomic E-state index is -3.56. The van der Waals surface area contributed by atoms with Crippen LogP contribution in [0.25, 0.3) is 0 Å². The van der Waals surface area contributed by atoms with Crippen molar-refractivity contribution in [3.8, 4) is 0 Å². The Hall–Kier alpha value is -1.33. The molecule has 10 heteroatoms. The molecule has 0 aromatic carbocycles. The second-order valence-corrected chi connectivity index (χ2v) is 11.1. The lowest BCUT2D eigenvalue weighted by Crippen LogP contribution is -2.43. The molecule has 3 fully saturated rings. The average molecular weight is 439 g/mol. The van der Waals surface area contributed by atoms with E-state index in [1.54, 1.807) is 17.5 Å². The van der Waals surface area contributed by atoms with Gasteiger partial charge in [-0.25, -0.2) is 17.8 Å². The third-order valence-electron chi connectivity index (χ3n) is 6.21. The largest absolute Gasteiger partial charge is 0.371 e. The maximum Gasteiger partial charge on any atom is 0.250 e. The normalized spacial score (nSPS) is 30.6. The van der Waals surface area contributed by atoms with Gasteiger partial charge in [0, 0.05) is 6.20 Å². The van der Waals surface area contributed by atoms with Crippen molar-refractivity contribution < 1.29 is 17.9 Å². The van der Waals surface area contributed by atoms with E-state index in [1.165, 1.54) is 43.4 Å². The van der Waals surface area contributed by atoms with Gasteiger partial charge in [0.15, 0.2) is 0 Å². The van der Waals surface area contributed by atoms with Crippen LogP contribution in [0.5, 0.6) is 0 Å². The topological polar surface area (TPSA) is 95.3 Å². The molecule has 0 spiro atoms. The molecular formula is C19H26N4O4S2. The van der Waals surface area contributed by atoms with Crippen LogP contribution < -0.4 is 4.72 Å². The Labute approximate surface area is 174 Å². The van der Waals surface area contributed by atoms with E-state index in [4.69, 9.17) is 9.47 Å². The van der Waals surface area contributed by atoms with Crippen LogP contribution in [0.15, 0.2) is 27.9 Å². The highest BCUT2D eigenvalue weighted by atomic mass is 32.2. The predicted molar refractivity (Wildman–Crippen MR) is 107 cm³/mol. The first-order valence-corrected chi connectivity index (χ1v) is 12.7. The van der Waals surface area contributed by atoms with Gasteiger partial charge in [0.25, 0.3) is 0 Å². The Morgan fingerprint density at radius 3 is 2.79 bits per heavy atom. The zero-order valence-electron chi connectivity index (χ0n) is 16.1. The minimum absolute atomic E-state index is 0.0798. The summed E-state index contributed by atoms with van der Waals surface area (Å²) in [6.45, 7) is 0.735. The number of fused-ring (bicyclic) bond motifs is 1. The monoisotopic (exact) mass is 438 g/mol. The first-order valence-electron chi connectivity index (χ1n) is 10.3. The van der Waals surface area contributed by atoms with E-state index in [2.05, 4.69) is 15.0 Å². The van der Waals surface area contributed by atoms with Gasteiger partial charge in [-0.3, -0.25) is 0 Å². The van der Waals surface area contributed by atoms with Crippen molar-refractivity contribution in [2.75, 3.05) is 13.2 Å². The summed E-state index contributed by atoms with van der Waals surface area (Å²) in [5.41, 5.74) is 1.02. The number of thiophene rings is 1. The highest BCUT2D eigenvalue weighted by molar-refractivity contribution is 7.91. The van der Waals surface area contributed by atoms with E-state index in [9.17, 15) is 8.42 Å². The molecule has 2 aromatic rings. The zero-order valence-corrected chi connectivity index (χ0v) is 17.8. The predicted octanol–water partition coefficient (Wildman–Crippen LogP) is 2.15. The number of hydrogen-bond acceptors (Lipinski definition) is 7. The lowest BCUT2D eigenvalue weighted by Gasteiger charge is -2.20. The van der Waals surface area contributed by atoms with Crippen molar-refractivity contribution in [2.45, 2.75) is 67.0 Å². The molecule has 1 aliphatic carbocycles. The first-order chi connectivity index (χ1) is 14.1. The number of nitrogens with zero attached hydrogens (tertiary/aromatic N) is 3. The number of hydrogen-bond donors (Lipinski definition) is 1. The van der Waals surface area contributed by atoms with Crippen LogP contribution >= 0.6 is 11.3 Å². The van der Waals surface area contributed by atoms with Crippen molar-refractivity contribution in [1.29, 1.82) is 0 Å². The van der Waals surface area contributed by atoms with Gasteiger partial charge >= 0.3 is 0 Å². The van der Waals surface area contributed by atoms with Crippen molar-refractivity contribution >= 4 is 21.4 Å². The highest BCUT2D eigenvalue weighted by Gasteiger charge is 2.50. The van der Waals surface area contributed by atoms with Crippen LogP contribution in [0, 0.1) is 5.92 Å². The third-order valence-corrected chi connectivity index (χ3v) is 9.10. The summed E-state index contributed by atoms with van der Waals surface area (Å²) in [4.78, 5) is 0. The smallest absolute Gasteiger partial charge is 0.250 e. The summed E-state index contributed by atoms with van der Waals surface area (Å²) in [7, 11) is -3.56. The maximum absolute atomic E-state index is 12.5. The first kappa shape index (κ1) is 19.6. The van der Waals surface area contributed by atoms with E-state index in [0.717, 1.165) is 12.1 Å². The molecule has 0 unspecified atom stereocenters. The SMILES string of the molecule is O=S(=O)(N[C@@H]1CO[C@@H]2[C@@H]1OC[C@@H]2n1cc(CC2CCCCC2)nn1)c1cccs1. The van der Waals surface area contributed by atoms with Gasteiger partial charge in [-0.05, 0) is 23.8 Å². The van der Waals surface area contributed by atoms with Crippen molar-refractivity contribution in [3.05, 3.63) is 29.4 Å². The summed E-state index contributed by atoms with van der Waals surface area (Å²) in [6, 6.07) is 2.85. The number of rotatable bonds is 6. The molecule has 4 atom stereocenters. The van der Waals surface area contributed by atoms with Crippen molar-refractivity contribution in [2.24, 2.45) is 5.92 Å². The molecule has 0 bridgehead atoms. The molecule has 5 rings (SSSR count). The fourth-order valence-electron chi connectivity index (χ4n) is 4.74. The average Bonchev–Trinajstić information content (AvgIpc) is 3.49. The molecule has 3 aliphatic rings. The number of aromatic nitrogens is 3. The Balaban J connectivity index is 1.23. The molecule has 8 nitrogen and oxygen atoms in total. The molecule has 158 valence electrons. The van der Waals surface area contributed by atoms with Gasteiger partial charge in [-0.1, -0.05) is 43.4 Å². The molecule has 1 saturated carbocycles. The van der Waals surface area contributed by atoms with E-state index < -0.39 is 16.1 Å². The standard InChI is InChI=1S/C19H26N4O4S2/c24-29(25,17-7-4-8-28-17)21-15-11-26-19-16(12-27-18(15)19)23-10-14(20-22-23)9-13-5-2-1-3-6-13/h4,7-8,10,13,15-16,18-19,21H,1-3,5-6,9,11-12H2/t15-,16+,18-,19+/m1/s1. The van der Waals surface area contributed by atoms with Gasteiger partial charge in [-0.15, -0.1) is 16.4 Å². The van der Waals surface area contributed by atoms with E-state index >= 15 is 0 Å². The van der Waals surface area contributed by atoms with Crippen LogP contribution in [0.1, 0.15) is 43.8 Å². The van der Waals surface area contributed by atoms with E-state index in [-0.39, 0.29) is 18.2 Å². The summed E-state index contributed by atoms with van der Waals surface area (Å²) in [5, 5.41) is 10.5. The Bertz CT molecular complexity index is 924. The zero-order chi connectivity index (χ0) is 19.8. The fraction of sp³-hybridized carbons (Fsp3) is 0.684. The lowest BCUT2D eigenvalue weighted by atomic mass is 9.86. The summed E-state index contributed by atoms with van der Waals surface area (Å²) in [5.74, 6) is 0.709. The van der Waals surface area contributed by atoms with Crippen LogP contribution in [-0.4, -0.2) is 54.9 Å². The van der Waals surface area contributed by atoms with Gasteiger partial charge in [0.2, 0.25) is 10.0 Å². The summed E-state index contributed by atoms with van der Waals surface area (Å²) in [6.07, 6.45) is 8.98.